The van der Waals surface area contributed by atoms with Gasteiger partial charge >= 0.3 is 12.2 Å². The Morgan fingerprint density at radius 2 is 1.94 bits per heavy atom. The minimum atomic E-state index is -4.60. The van der Waals surface area contributed by atoms with Crippen molar-refractivity contribution in [2.75, 3.05) is 17.6 Å². The fourth-order valence-electron chi connectivity index (χ4n) is 3.74. The summed E-state index contributed by atoms with van der Waals surface area (Å²) in [5.41, 5.74) is 5.04. The maximum atomic E-state index is 13.2. The van der Waals surface area contributed by atoms with Crippen molar-refractivity contribution in [3.8, 4) is 11.3 Å². The second-order valence-corrected chi connectivity index (χ2v) is 8.55. The molecule has 32 heavy (non-hydrogen) atoms. The van der Waals surface area contributed by atoms with E-state index in [0.29, 0.717) is 22.3 Å². The van der Waals surface area contributed by atoms with Crippen LogP contribution in [0.3, 0.4) is 0 Å². The molecule has 5 N–H and O–H groups in total. The lowest BCUT2D eigenvalue weighted by atomic mass is 9.91. The zero-order chi connectivity index (χ0) is 22.9. The van der Waals surface area contributed by atoms with E-state index < -0.39 is 17.6 Å². The number of rotatable bonds is 5. The van der Waals surface area contributed by atoms with Crippen LogP contribution >= 0.6 is 11.3 Å². The minimum Gasteiger partial charge on any atom is -0.383 e. The molecule has 4 rings (SSSR count). The van der Waals surface area contributed by atoms with Crippen molar-refractivity contribution in [3.05, 3.63) is 24.0 Å². The molecule has 1 aliphatic rings. The number of nitrogen functional groups attached to an aromatic ring is 1. The van der Waals surface area contributed by atoms with Crippen LogP contribution in [0.25, 0.3) is 16.2 Å². The minimum absolute atomic E-state index is 0.139. The first-order chi connectivity index (χ1) is 15.2. The standard InChI is InChI=1S/C19H23F3N8OS/c1-2-24-16(31)27-11-3-5-12(6-4-11)28-17-29-30-14(9-26-18(30)32-17)10-7-13(19(20,21)22)15(23)25-8-10/h7-9,11-12H,2-6H2,1H3,(H2,23,25)(H,28,29)(H2,24,27,31)/t11-,12-. The predicted octanol–water partition coefficient (Wildman–Crippen LogP) is 3.50. The second kappa shape index (κ2) is 8.81. The normalized spacial score (nSPS) is 19.1. The van der Waals surface area contributed by atoms with Crippen molar-refractivity contribution >= 4 is 33.3 Å². The van der Waals surface area contributed by atoms with Gasteiger partial charge in [-0.15, -0.1) is 5.10 Å². The van der Waals surface area contributed by atoms with Crippen LogP contribution < -0.4 is 21.7 Å². The molecular weight excluding hydrogens is 445 g/mol. The Labute approximate surface area is 185 Å². The van der Waals surface area contributed by atoms with E-state index in [9.17, 15) is 18.0 Å². The van der Waals surface area contributed by atoms with Gasteiger partial charge in [-0.3, -0.25) is 0 Å². The molecule has 0 bridgehead atoms. The zero-order valence-corrected chi connectivity index (χ0v) is 18.1. The van der Waals surface area contributed by atoms with Gasteiger partial charge in [-0.2, -0.15) is 13.2 Å². The Morgan fingerprint density at radius 3 is 2.62 bits per heavy atom. The number of hydrogen-bond donors (Lipinski definition) is 4. The summed E-state index contributed by atoms with van der Waals surface area (Å²) in [6.45, 7) is 2.45. The Hall–Kier alpha value is -3.09. The topological polar surface area (TPSA) is 122 Å². The Balaban J connectivity index is 1.45. The third-order valence-electron chi connectivity index (χ3n) is 5.33. The number of nitrogens with one attached hydrogen (secondary N) is 3. The van der Waals surface area contributed by atoms with E-state index in [1.165, 1.54) is 28.2 Å². The average Bonchev–Trinajstić information content (AvgIpc) is 3.29. The SMILES string of the molecule is CCNC(=O)N[C@H]1CC[C@H](Nc2nn3c(-c4cnc(N)c(C(F)(F)F)c4)cnc3s2)CC1. The van der Waals surface area contributed by atoms with Crippen LogP contribution in [-0.4, -0.2) is 44.2 Å². The second-order valence-electron chi connectivity index (χ2n) is 7.60. The summed E-state index contributed by atoms with van der Waals surface area (Å²) in [5, 5.41) is 14.2. The molecule has 172 valence electrons. The molecule has 9 nitrogen and oxygen atoms in total. The third-order valence-corrected chi connectivity index (χ3v) is 6.19. The molecule has 3 aromatic rings. The number of aromatic nitrogens is 4. The fraction of sp³-hybridized carbons (Fsp3) is 0.474. The highest BCUT2D eigenvalue weighted by atomic mass is 32.1. The molecule has 0 saturated heterocycles. The smallest absolute Gasteiger partial charge is 0.383 e. The van der Waals surface area contributed by atoms with Gasteiger partial charge in [0.15, 0.2) is 0 Å². The molecule has 0 atom stereocenters. The largest absolute Gasteiger partial charge is 0.419 e. The molecule has 0 radical (unpaired) electrons. The molecule has 1 fully saturated rings. The maximum absolute atomic E-state index is 13.2. The summed E-state index contributed by atoms with van der Waals surface area (Å²) in [6.07, 6.45) is 1.57. The Morgan fingerprint density at radius 1 is 1.22 bits per heavy atom. The van der Waals surface area contributed by atoms with Crippen LogP contribution in [0.1, 0.15) is 38.2 Å². The summed E-state index contributed by atoms with van der Waals surface area (Å²) in [7, 11) is 0. The van der Waals surface area contributed by atoms with E-state index in [0.717, 1.165) is 31.7 Å². The van der Waals surface area contributed by atoms with Gasteiger partial charge in [0.2, 0.25) is 10.1 Å². The van der Waals surface area contributed by atoms with Crippen LogP contribution in [0.15, 0.2) is 18.5 Å². The number of hydrogen-bond acceptors (Lipinski definition) is 7. The van der Waals surface area contributed by atoms with E-state index in [-0.39, 0.29) is 23.7 Å². The highest BCUT2D eigenvalue weighted by Gasteiger charge is 2.34. The maximum Gasteiger partial charge on any atom is 0.419 e. The third kappa shape index (κ3) is 4.71. The highest BCUT2D eigenvalue weighted by Crippen LogP contribution is 2.36. The molecule has 3 heterocycles. The quantitative estimate of drug-likeness (QED) is 0.455. The first kappa shape index (κ1) is 22.1. The molecule has 13 heteroatoms. The Kier molecular flexibility index (Phi) is 6.09. The van der Waals surface area contributed by atoms with Crippen LogP contribution in [0.2, 0.25) is 0 Å². The van der Waals surface area contributed by atoms with Gasteiger partial charge in [0.25, 0.3) is 0 Å². The number of amides is 2. The predicted molar refractivity (Wildman–Crippen MR) is 115 cm³/mol. The van der Waals surface area contributed by atoms with Crippen LogP contribution in [0, 0.1) is 0 Å². The van der Waals surface area contributed by atoms with E-state index >= 15 is 0 Å². The first-order valence-corrected chi connectivity index (χ1v) is 11.0. The summed E-state index contributed by atoms with van der Waals surface area (Å²) >= 11 is 1.32. The zero-order valence-electron chi connectivity index (χ0n) is 17.2. The molecule has 1 saturated carbocycles. The summed E-state index contributed by atoms with van der Waals surface area (Å²) in [5.74, 6) is -0.570. The van der Waals surface area contributed by atoms with Crippen LogP contribution in [0.5, 0.6) is 0 Å². The lowest BCUT2D eigenvalue weighted by Crippen LogP contribution is -2.44. The van der Waals surface area contributed by atoms with E-state index in [1.54, 1.807) is 0 Å². The van der Waals surface area contributed by atoms with Gasteiger partial charge in [-0.25, -0.2) is 19.3 Å². The van der Waals surface area contributed by atoms with E-state index in [2.05, 4.69) is 31.0 Å². The highest BCUT2D eigenvalue weighted by molar-refractivity contribution is 7.20. The number of carbonyl (C=O) groups is 1. The van der Waals surface area contributed by atoms with Crippen molar-refractivity contribution in [2.45, 2.75) is 50.9 Å². The number of carbonyl (C=O) groups excluding carboxylic acids is 1. The molecule has 0 unspecified atom stereocenters. The summed E-state index contributed by atoms with van der Waals surface area (Å²) in [6, 6.07) is 1.14. The first-order valence-electron chi connectivity index (χ1n) is 10.2. The number of nitrogens with zero attached hydrogens (tertiary/aromatic N) is 4. The molecule has 0 aliphatic heterocycles. The van der Waals surface area contributed by atoms with Crippen LogP contribution in [-0.2, 0) is 6.18 Å². The van der Waals surface area contributed by atoms with Gasteiger partial charge in [-0.05, 0) is 38.7 Å². The number of pyridine rings is 1. The van der Waals surface area contributed by atoms with Gasteiger partial charge in [0, 0.05) is 30.4 Å². The molecular formula is C19H23F3N8OS. The summed E-state index contributed by atoms with van der Waals surface area (Å²) < 4.78 is 41.1. The number of nitrogens with two attached hydrogens (primary N) is 1. The average molecular weight is 469 g/mol. The number of urea groups is 1. The molecule has 3 aromatic heterocycles. The summed E-state index contributed by atoms with van der Waals surface area (Å²) in [4.78, 5) is 20.2. The lowest BCUT2D eigenvalue weighted by Gasteiger charge is -2.29. The number of anilines is 2. The number of alkyl halides is 3. The molecule has 1 aliphatic carbocycles. The molecule has 0 aromatic carbocycles. The lowest BCUT2D eigenvalue weighted by molar-refractivity contribution is -0.137. The van der Waals surface area contributed by atoms with Crippen molar-refractivity contribution in [1.82, 2.24) is 30.2 Å². The van der Waals surface area contributed by atoms with Gasteiger partial charge in [0.05, 0.1) is 17.5 Å². The van der Waals surface area contributed by atoms with Gasteiger partial charge in [-0.1, -0.05) is 11.3 Å². The van der Waals surface area contributed by atoms with Crippen molar-refractivity contribution < 1.29 is 18.0 Å². The van der Waals surface area contributed by atoms with Crippen LogP contribution in [0.4, 0.5) is 28.9 Å². The monoisotopic (exact) mass is 468 g/mol. The number of fused-ring (bicyclic) bond motifs is 1. The van der Waals surface area contributed by atoms with Crippen molar-refractivity contribution in [1.29, 1.82) is 0 Å². The Bertz CT molecular complexity index is 1100. The molecule has 2 amide bonds. The molecule has 0 spiro atoms. The van der Waals surface area contributed by atoms with Gasteiger partial charge < -0.3 is 21.7 Å². The number of imidazole rings is 1. The van der Waals surface area contributed by atoms with Crippen molar-refractivity contribution in [3.63, 3.8) is 0 Å². The van der Waals surface area contributed by atoms with E-state index in [4.69, 9.17) is 5.73 Å². The van der Waals surface area contributed by atoms with Gasteiger partial charge in [0.1, 0.15) is 5.82 Å². The fourth-order valence-corrected chi connectivity index (χ4v) is 4.60. The number of halogens is 3. The van der Waals surface area contributed by atoms with Crippen molar-refractivity contribution in [2.24, 2.45) is 0 Å². The van der Waals surface area contributed by atoms with E-state index in [1.807, 2.05) is 6.92 Å².